The van der Waals surface area contributed by atoms with Crippen molar-refractivity contribution in [3.8, 4) is 5.75 Å². The van der Waals surface area contributed by atoms with E-state index in [1.807, 2.05) is 38.3 Å². The first-order valence-electron chi connectivity index (χ1n) is 7.80. The molecule has 126 valence electrons. The summed E-state index contributed by atoms with van der Waals surface area (Å²) in [5.41, 5.74) is 1.92. The molecular formula is C18H19NO4S. The summed E-state index contributed by atoms with van der Waals surface area (Å²) in [4.78, 5) is 16.0. The fourth-order valence-corrected chi connectivity index (χ4v) is 3.26. The first-order valence-corrected chi connectivity index (χ1v) is 8.68. The van der Waals surface area contributed by atoms with E-state index in [1.165, 1.54) is 6.07 Å². The van der Waals surface area contributed by atoms with Crippen molar-refractivity contribution in [1.82, 2.24) is 4.98 Å². The molecular weight excluding hydrogens is 326 g/mol. The minimum Gasteiger partial charge on any atom is -0.487 e. The summed E-state index contributed by atoms with van der Waals surface area (Å²) in [5, 5.41) is 3.81. The van der Waals surface area contributed by atoms with E-state index in [2.05, 4.69) is 4.98 Å². The number of rotatable bonds is 6. The first-order chi connectivity index (χ1) is 11.6. The zero-order valence-electron chi connectivity index (χ0n) is 13.9. The van der Waals surface area contributed by atoms with Crippen molar-refractivity contribution in [3.63, 3.8) is 0 Å². The number of benzene rings is 1. The zero-order valence-corrected chi connectivity index (χ0v) is 14.7. The molecule has 3 rings (SSSR count). The molecule has 2 heterocycles. The van der Waals surface area contributed by atoms with Gasteiger partial charge in [-0.05, 0) is 38.5 Å². The number of hydrogen-bond donors (Lipinski definition) is 0. The molecule has 2 aromatic heterocycles. The van der Waals surface area contributed by atoms with Crippen LogP contribution >= 0.6 is 11.3 Å². The van der Waals surface area contributed by atoms with E-state index in [9.17, 15) is 4.79 Å². The maximum absolute atomic E-state index is 11.5. The third-order valence-corrected chi connectivity index (χ3v) is 4.70. The molecule has 0 saturated carbocycles. The minimum atomic E-state index is -0.355. The Kier molecular flexibility index (Phi) is 4.97. The quantitative estimate of drug-likeness (QED) is 0.626. The maximum atomic E-state index is 11.5. The predicted octanol–water partition coefficient (Wildman–Crippen LogP) is 4.23. The molecule has 0 aliphatic carbocycles. The number of nitrogens with zero attached hydrogens (tertiary/aromatic N) is 1. The third kappa shape index (κ3) is 3.66. The van der Waals surface area contributed by atoms with E-state index < -0.39 is 0 Å². The Bertz CT molecular complexity index is 899. The zero-order chi connectivity index (χ0) is 17.1. The van der Waals surface area contributed by atoms with Gasteiger partial charge in [0.1, 0.15) is 29.1 Å². The number of aromatic nitrogens is 1. The second kappa shape index (κ2) is 7.15. The van der Waals surface area contributed by atoms with Crippen LogP contribution in [0.1, 0.15) is 36.2 Å². The van der Waals surface area contributed by atoms with Gasteiger partial charge in [-0.25, -0.2) is 9.78 Å². The molecule has 0 fully saturated rings. The highest BCUT2D eigenvalue weighted by Crippen LogP contribution is 2.24. The van der Waals surface area contributed by atoms with Crippen molar-refractivity contribution in [3.05, 3.63) is 56.3 Å². The van der Waals surface area contributed by atoms with Crippen LogP contribution in [0.2, 0.25) is 0 Å². The van der Waals surface area contributed by atoms with Gasteiger partial charge in [-0.15, -0.1) is 11.3 Å². The Morgan fingerprint density at radius 1 is 1.33 bits per heavy atom. The lowest BCUT2D eigenvalue weighted by Gasteiger charge is -2.08. The highest BCUT2D eigenvalue weighted by molar-refractivity contribution is 7.09. The van der Waals surface area contributed by atoms with Crippen LogP contribution in [0.5, 0.6) is 5.75 Å². The highest BCUT2D eigenvalue weighted by Gasteiger charge is 2.11. The summed E-state index contributed by atoms with van der Waals surface area (Å²) >= 11 is 1.56. The second-order valence-corrected chi connectivity index (χ2v) is 6.36. The average molecular weight is 345 g/mol. The molecule has 24 heavy (non-hydrogen) atoms. The molecule has 1 atom stereocenters. The smallest absolute Gasteiger partial charge is 0.336 e. The summed E-state index contributed by atoms with van der Waals surface area (Å²) < 4.78 is 16.5. The molecule has 0 amide bonds. The van der Waals surface area contributed by atoms with Crippen molar-refractivity contribution in [2.45, 2.75) is 33.5 Å². The molecule has 0 bridgehead atoms. The van der Waals surface area contributed by atoms with Crippen molar-refractivity contribution < 1.29 is 13.9 Å². The van der Waals surface area contributed by atoms with Crippen LogP contribution in [-0.2, 0) is 11.3 Å². The summed E-state index contributed by atoms with van der Waals surface area (Å²) in [6.07, 6.45) is -0.00771. The molecule has 0 N–H and O–H groups in total. The standard InChI is InChI=1S/C18H19NO4S/c1-4-21-12(3)18-19-13(10-24-18)9-22-14-5-6-15-11(2)7-17(20)23-16(15)8-14/h5-8,10,12H,4,9H2,1-3H3. The largest absolute Gasteiger partial charge is 0.487 e. The normalized spacial score (nSPS) is 12.5. The molecule has 0 spiro atoms. The Morgan fingerprint density at radius 2 is 2.17 bits per heavy atom. The minimum absolute atomic E-state index is 0.00771. The lowest BCUT2D eigenvalue weighted by molar-refractivity contribution is 0.0760. The molecule has 0 radical (unpaired) electrons. The SMILES string of the molecule is CCOC(C)c1nc(COc2ccc3c(C)cc(=O)oc3c2)cs1. The van der Waals surface area contributed by atoms with Crippen molar-refractivity contribution >= 4 is 22.3 Å². The lowest BCUT2D eigenvalue weighted by Crippen LogP contribution is -2.01. The average Bonchev–Trinajstić information content (AvgIpc) is 3.01. The van der Waals surface area contributed by atoms with E-state index in [0.717, 1.165) is 21.7 Å². The van der Waals surface area contributed by atoms with Gasteiger partial charge in [0.2, 0.25) is 0 Å². The topological polar surface area (TPSA) is 61.6 Å². The van der Waals surface area contributed by atoms with Crippen LogP contribution in [0, 0.1) is 6.92 Å². The van der Waals surface area contributed by atoms with Gasteiger partial charge in [0, 0.05) is 29.5 Å². The molecule has 0 saturated heterocycles. The van der Waals surface area contributed by atoms with Gasteiger partial charge in [-0.2, -0.15) is 0 Å². The van der Waals surface area contributed by atoms with Gasteiger partial charge in [0.25, 0.3) is 0 Å². The van der Waals surface area contributed by atoms with Crippen LogP contribution in [0.15, 0.2) is 38.9 Å². The van der Waals surface area contributed by atoms with Gasteiger partial charge in [-0.1, -0.05) is 0 Å². The van der Waals surface area contributed by atoms with Crippen molar-refractivity contribution in [2.75, 3.05) is 6.61 Å². The molecule has 1 unspecified atom stereocenters. The van der Waals surface area contributed by atoms with E-state index in [4.69, 9.17) is 13.9 Å². The maximum Gasteiger partial charge on any atom is 0.336 e. The molecule has 3 aromatic rings. The molecule has 5 nitrogen and oxygen atoms in total. The number of ether oxygens (including phenoxy) is 2. The van der Waals surface area contributed by atoms with Gasteiger partial charge in [0.15, 0.2) is 0 Å². The molecule has 0 aliphatic heterocycles. The fourth-order valence-electron chi connectivity index (χ4n) is 2.45. The predicted molar refractivity (Wildman–Crippen MR) is 93.7 cm³/mol. The van der Waals surface area contributed by atoms with E-state index in [1.54, 1.807) is 17.4 Å². The van der Waals surface area contributed by atoms with Gasteiger partial charge < -0.3 is 13.9 Å². The Labute approximate surface area is 143 Å². The second-order valence-electron chi connectivity index (χ2n) is 5.47. The Balaban J connectivity index is 1.73. The molecule has 1 aromatic carbocycles. The van der Waals surface area contributed by atoms with Gasteiger partial charge >= 0.3 is 5.63 Å². The van der Waals surface area contributed by atoms with Gasteiger partial charge in [0.05, 0.1) is 5.69 Å². The Hall–Kier alpha value is -2.18. The Morgan fingerprint density at radius 3 is 2.96 bits per heavy atom. The highest BCUT2D eigenvalue weighted by atomic mass is 32.1. The number of fused-ring (bicyclic) bond motifs is 1. The van der Waals surface area contributed by atoms with Crippen LogP contribution in [0.3, 0.4) is 0 Å². The summed E-state index contributed by atoms with van der Waals surface area (Å²) in [6.45, 7) is 6.86. The van der Waals surface area contributed by atoms with Gasteiger partial charge in [-0.3, -0.25) is 0 Å². The molecule has 6 heteroatoms. The summed E-state index contributed by atoms with van der Waals surface area (Å²) in [7, 11) is 0. The van der Waals surface area contributed by atoms with E-state index in [0.29, 0.717) is 24.5 Å². The van der Waals surface area contributed by atoms with Crippen molar-refractivity contribution in [2.24, 2.45) is 0 Å². The first kappa shape index (κ1) is 16.7. The summed E-state index contributed by atoms with van der Waals surface area (Å²) in [6, 6.07) is 6.98. The van der Waals surface area contributed by atoms with E-state index >= 15 is 0 Å². The van der Waals surface area contributed by atoms with Crippen LogP contribution in [0.25, 0.3) is 11.0 Å². The summed E-state index contributed by atoms with van der Waals surface area (Å²) in [5.74, 6) is 0.642. The lowest BCUT2D eigenvalue weighted by atomic mass is 10.1. The number of aryl methyl sites for hydroxylation is 1. The van der Waals surface area contributed by atoms with Crippen LogP contribution in [-0.4, -0.2) is 11.6 Å². The third-order valence-electron chi connectivity index (χ3n) is 3.64. The van der Waals surface area contributed by atoms with Crippen molar-refractivity contribution in [1.29, 1.82) is 0 Å². The van der Waals surface area contributed by atoms with E-state index in [-0.39, 0.29) is 11.7 Å². The molecule has 0 aliphatic rings. The van der Waals surface area contributed by atoms with Crippen LogP contribution in [0.4, 0.5) is 0 Å². The number of thiazole rings is 1. The number of hydrogen-bond acceptors (Lipinski definition) is 6. The monoisotopic (exact) mass is 345 g/mol. The fraction of sp³-hybridized carbons (Fsp3) is 0.333. The van der Waals surface area contributed by atoms with Crippen LogP contribution < -0.4 is 10.4 Å².